The number of carbonyl (C=O) groups excluding carboxylic acids is 1. The Labute approximate surface area is 99.2 Å². The van der Waals surface area contributed by atoms with Gasteiger partial charge in [0.2, 0.25) is 0 Å². The maximum absolute atomic E-state index is 11.2. The van der Waals surface area contributed by atoms with Crippen molar-refractivity contribution in [2.45, 2.75) is 25.8 Å². The molecule has 1 saturated carbocycles. The van der Waals surface area contributed by atoms with Crippen molar-refractivity contribution >= 4 is 22.3 Å². The minimum atomic E-state index is 0.0324. The Morgan fingerprint density at radius 1 is 1.69 bits per heavy atom. The van der Waals surface area contributed by atoms with Crippen LogP contribution in [0.5, 0.6) is 0 Å². The van der Waals surface area contributed by atoms with Crippen molar-refractivity contribution in [1.29, 1.82) is 0 Å². The molecule has 5 heteroatoms. The molecule has 1 aromatic heterocycles. The van der Waals surface area contributed by atoms with E-state index in [1.807, 2.05) is 5.38 Å². The first-order valence-electron chi connectivity index (χ1n) is 5.44. The maximum atomic E-state index is 11.2. The quantitative estimate of drug-likeness (QED) is 0.713. The molecule has 2 rings (SSSR count). The van der Waals surface area contributed by atoms with Gasteiger partial charge < -0.3 is 9.64 Å². The Hall–Kier alpha value is -0.940. The normalized spacial score (nSPS) is 15.1. The van der Waals surface area contributed by atoms with Crippen LogP contribution in [-0.4, -0.2) is 37.1 Å². The van der Waals surface area contributed by atoms with Gasteiger partial charge in [0.15, 0.2) is 10.9 Å². The fourth-order valence-electron chi connectivity index (χ4n) is 1.57. The number of carbonyl (C=O) groups is 1. The summed E-state index contributed by atoms with van der Waals surface area (Å²) in [6, 6.07) is 0.598. The molecule has 1 fully saturated rings. The summed E-state index contributed by atoms with van der Waals surface area (Å²) >= 11 is 1.54. The lowest BCUT2D eigenvalue weighted by molar-refractivity contribution is 0.101. The van der Waals surface area contributed by atoms with Gasteiger partial charge in [-0.25, -0.2) is 4.98 Å². The zero-order chi connectivity index (χ0) is 11.5. The predicted octanol–water partition coefficient (Wildman–Crippen LogP) is 1.96. The second-order valence-corrected chi connectivity index (χ2v) is 4.83. The minimum Gasteiger partial charge on any atom is -0.383 e. The van der Waals surface area contributed by atoms with E-state index in [2.05, 4.69) is 9.88 Å². The molecule has 1 aliphatic rings. The molecule has 0 radical (unpaired) electrons. The lowest BCUT2D eigenvalue weighted by Gasteiger charge is -2.20. The van der Waals surface area contributed by atoms with E-state index in [1.54, 1.807) is 25.4 Å². The summed E-state index contributed by atoms with van der Waals surface area (Å²) < 4.78 is 5.09. The number of ketones is 1. The molecule has 0 amide bonds. The van der Waals surface area contributed by atoms with E-state index >= 15 is 0 Å². The molecule has 1 heterocycles. The Kier molecular flexibility index (Phi) is 3.56. The number of aromatic nitrogens is 1. The van der Waals surface area contributed by atoms with Gasteiger partial charge in [-0.1, -0.05) is 0 Å². The summed E-state index contributed by atoms with van der Waals surface area (Å²) in [5, 5.41) is 2.78. The van der Waals surface area contributed by atoms with Crippen LogP contribution in [0.2, 0.25) is 0 Å². The van der Waals surface area contributed by atoms with Gasteiger partial charge in [0.05, 0.1) is 6.61 Å². The van der Waals surface area contributed by atoms with Gasteiger partial charge >= 0.3 is 0 Å². The van der Waals surface area contributed by atoms with E-state index in [9.17, 15) is 4.79 Å². The third kappa shape index (κ3) is 2.59. The van der Waals surface area contributed by atoms with Crippen LogP contribution in [0.25, 0.3) is 0 Å². The maximum Gasteiger partial charge on any atom is 0.186 e. The summed E-state index contributed by atoms with van der Waals surface area (Å²) in [5.41, 5.74) is 0.572. The van der Waals surface area contributed by atoms with E-state index in [4.69, 9.17) is 4.74 Å². The van der Waals surface area contributed by atoms with Crippen molar-refractivity contribution in [3.63, 3.8) is 0 Å². The summed E-state index contributed by atoms with van der Waals surface area (Å²) in [4.78, 5) is 17.8. The van der Waals surface area contributed by atoms with Crippen LogP contribution in [0.4, 0.5) is 5.13 Å². The topological polar surface area (TPSA) is 42.4 Å². The minimum absolute atomic E-state index is 0.0324. The number of hydrogen-bond donors (Lipinski definition) is 0. The molecule has 0 atom stereocenters. The number of methoxy groups -OCH3 is 1. The first-order chi connectivity index (χ1) is 7.72. The Morgan fingerprint density at radius 2 is 2.44 bits per heavy atom. The van der Waals surface area contributed by atoms with Crippen LogP contribution in [0.15, 0.2) is 5.38 Å². The fourth-order valence-corrected chi connectivity index (χ4v) is 2.53. The second-order valence-electron chi connectivity index (χ2n) is 3.99. The van der Waals surface area contributed by atoms with E-state index in [0.29, 0.717) is 18.3 Å². The number of thiazole rings is 1. The largest absolute Gasteiger partial charge is 0.383 e. The zero-order valence-electron chi connectivity index (χ0n) is 9.60. The Bertz CT molecular complexity index is 374. The first-order valence-corrected chi connectivity index (χ1v) is 6.32. The van der Waals surface area contributed by atoms with Crippen LogP contribution >= 0.6 is 11.3 Å². The Morgan fingerprint density at radius 3 is 2.94 bits per heavy atom. The molecule has 4 nitrogen and oxygen atoms in total. The van der Waals surface area contributed by atoms with Crippen LogP contribution in [0.1, 0.15) is 30.3 Å². The van der Waals surface area contributed by atoms with Gasteiger partial charge in [0, 0.05) is 32.0 Å². The third-order valence-electron chi connectivity index (χ3n) is 2.62. The number of nitrogens with zero attached hydrogens (tertiary/aromatic N) is 2. The highest BCUT2D eigenvalue weighted by Gasteiger charge is 2.30. The lowest BCUT2D eigenvalue weighted by Crippen LogP contribution is -2.29. The molecular formula is C11H16N2O2S. The van der Waals surface area contributed by atoms with E-state index < -0.39 is 0 Å². The van der Waals surface area contributed by atoms with Gasteiger partial charge in [-0.2, -0.15) is 0 Å². The molecule has 16 heavy (non-hydrogen) atoms. The van der Waals surface area contributed by atoms with Gasteiger partial charge in [-0.05, 0) is 12.8 Å². The van der Waals surface area contributed by atoms with Crippen molar-refractivity contribution < 1.29 is 9.53 Å². The predicted molar refractivity (Wildman–Crippen MR) is 64.4 cm³/mol. The highest BCUT2D eigenvalue weighted by molar-refractivity contribution is 7.14. The number of hydrogen-bond acceptors (Lipinski definition) is 5. The van der Waals surface area contributed by atoms with Crippen molar-refractivity contribution in [2.75, 3.05) is 25.2 Å². The van der Waals surface area contributed by atoms with E-state index in [0.717, 1.165) is 11.7 Å². The second kappa shape index (κ2) is 4.93. The monoisotopic (exact) mass is 240 g/mol. The van der Waals surface area contributed by atoms with Gasteiger partial charge in [0.1, 0.15) is 5.69 Å². The third-order valence-corrected chi connectivity index (χ3v) is 3.50. The highest BCUT2D eigenvalue weighted by atomic mass is 32.1. The van der Waals surface area contributed by atoms with Crippen LogP contribution < -0.4 is 4.90 Å². The zero-order valence-corrected chi connectivity index (χ0v) is 10.4. The summed E-state index contributed by atoms with van der Waals surface area (Å²) in [6.45, 7) is 3.10. The van der Waals surface area contributed by atoms with Crippen molar-refractivity contribution in [2.24, 2.45) is 0 Å². The molecule has 0 aliphatic heterocycles. The van der Waals surface area contributed by atoms with Crippen molar-refractivity contribution in [1.82, 2.24) is 4.98 Å². The van der Waals surface area contributed by atoms with Crippen molar-refractivity contribution in [3.05, 3.63) is 11.1 Å². The lowest BCUT2D eigenvalue weighted by atomic mass is 10.4. The van der Waals surface area contributed by atoms with Gasteiger partial charge in [0.25, 0.3) is 0 Å². The number of ether oxygens (including phenoxy) is 1. The molecule has 0 saturated heterocycles. The molecule has 88 valence electrons. The van der Waals surface area contributed by atoms with Gasteiger partial charge in [-0.3, -0.25) is 4.79 Å². The van der Waals surface area contributed by atoms with Crippen LogP contribution in [0, 0.1) is 0 Å². The number of anilines is 1. The summed E-state index contributed by atoms with van der Waals surface area (Å²) in [5.74, 6) is 0.0324. The molecular weight excluding hydrogens is 224 g/mol. The molecule has 1 aliphatic carbocycles. The molecule has 0 unspecified atom stereocenters. The average molecular weight is 240 g/mol. The number of Topliss-reactive ketones (excluding diaryl/α,β-unsaturated/α-hetero) is 1. The summed E-state index contributed by atoms with van der Waals surface area (Å²) in [7, 11) is 1.70. The van der Waals surface area contributed by atoms with Crippen molar-refractivity contribution in [3.8, 4) is 0 Å². The van der Waals surface area contributed by atoms with Gasteiger partial charge in [-0.15, -0.1) is 11.3 Å². The Balaban J connectivity index is 2.08. The first kappa shape index (κ1) is 11.5. The number of rotatable bonds is 6. The molecule has 0 spiro atoms. The van der Waals surface area contributed by atoms with Crippen LogP contribution in [0.3, 0.4) is 0 Å². The molecule has 0 N–H and O–H groups in total. The summed E-state index contributed by atoms with van der Waals surface area (Å²) in [6.07, 6.45) is 2.44. The van der Waals surface area contributed by atoms with E-state index in [1.165, 1.54) is 12.8 Å². The van der Waals surface area contributed by atoms with E-state index in [-0.39, 0.29) is 5.78 Å². The highest BCUT2D eigenvalue weighted by Crippen LogP contribution is 2.33. The molecule has 0 aromatic carbocycles. The smallest absolute Gasteiger partial charge is 0.186 e. The standard InChI is InChI=1S/C11H16N2O2S/c1-8(14)10-7-16-11(12-10)13(5-6-15-2)9-3-4-9/h7,9H,3-6H2,1-2H3. The molecule has 1 aromatic rings. The molecule has 0 bridgehead atoms. The fraction of sp³-hybridized carbons (Fsp3) is 0.636. The SMILES string of the molecule is COCCN(c1nc(C(C)=O)cs1)C1CC1. The average Bonchev–Trinajstić information content (AvgIpc) is 2.96. The van der Waals surface area contributed by atoms with Crippen LogP contribution in [-0.2, 0) is 4.74 Å².